The highest BCUT2D eigenvalue weighted by Crippen LogP contribution is 2.28. The summed E-state index contributed by atoms with van der Waals surface area (Å²) in [6, 6.07) is 0. The van der Waals surface area contributed by atoms with Crippen molar-refractivity contribution in [1.29, 1.82) is 0 Å². The third kappa shape index (κ3) is 1.11. The molecule has 0 radical (unpaired) electrons. The first-order valence-electron chi connectivity index (χ1n) is 3.59. The highest BCUT2D eigenvalue weighted by molar-refractivity contribution is 5.91. The predicted octanol–water partition coefficient (Wildman–Crippen LogP) is 0.468. The average molecular weight is 195 g/mol. The fourth-order valence-corrected chi connectivity index (χ4v) is 0.993. The number of nitrogens with zero attached hydrogens (tertiary/aromatic N) is 2. The third-order valence-electron chi connectivity index (χ3n) is 1.63. The first-order chi connectivity index (χ1) is 6.70. The number of nitrogens with one attached hydrogen (secondary N) is 1. The zero-order chi connectivity index (χ0) is 10.1. The van der Waals surface area contributed by atoms with Gasteiger partial charge in [-0.05, 0) is 0 Å². The van der Waals surface area contributed by atoms with Gasteiger partial charge in [-0.25, -0.2) is 9.78 Å². The quantitative estimate of drug-likeness (QED) is 0.641. The Bertz CT molecular complexity index is 459. The Morgan fingerprint density at radius 3 is 2.86 bits per heavy atom. The number of aromatic amines is 1. The Labute approximate surface area is 77.0 Å². The highest BCUT2D eigenvalue weighted by atomic mass is 16.4. The molecule has 0 aliphatic rings. The second kappa shape index (κ2) is 2.87. The molecule has 0 bridgehead atoms. The van der Waals surface area contributed by atoms with Crippen LogP contribution in [0.2, 0.25) is 0 Å². The first kappa shape index (κ1) is 8.30. The van der Waals surface area contributed by atoms with Crippen LogP contribution < -0.4 is 0 Å². The summed E-state index contributed by atoms with van der Waals surface area (Å²) >= 11 is 0. The number of hydrogen-bond acceptors (Lipinski definition) is 5. The molecule has 3 N–H and O–H groups in total. The summed E-state index contributed by atoms with van der Waals surface area (Å²) in [6.07, 6.45) is 2.41. The molecular weight excluding hydrogens is 190 g/mol. The van der Waals surface area contributed by atoms with Gasteiger partial charge in [-0.15, -0.1) is 0 Å². The Kier molecular flexibility index (Phi) is 1.70. The number of aromatic hydroxyl groups is 1. The van der Waals surface area contributed by atoms with Gasteiger partial charge >= 0.3 is 5.97 Å². The first-order valence-corrected chi connectivity index (χ1v) is 3.59. The van der Waals surface area contributed by atoms with E-state index < -0.39 is 11.7 Å². The fourth-order valence-electron chi connectivity index (χ4n) is 0.993. The van der Waals surface area contributed by atoms with Crippen LogP contribution in [0.1, 0.15) is 10.5 Å². The van der Waals surface area contributed by atoms with Crippen molar-refractivity contribution < 1.29 is 19.4 Å². The van der Waals surface area contributed by atoms with Crippen molar-refractivity contribution in [3.63, 3.8) is 0 Å². The monoisotopic (exact) mass is 195 g/mol. The van der Waals surface area contributed by atoms with Crippen LogP contribution >= 0.6 is 0 Å². The van der Waals surface area contributed by atoms with E-state index in [-0.39, 0.29) is 17.1 Å². The predicted molar refractivity (Wildman–Crippen MR) is 42.7 cm³/mol. The van der Waals surface area contributed by atoms with Crippen LogP contribution in [0.25, 0.3) is 11.4 Å². The topological polar surface area (TPSA) is 112 Å². The molecule has 0 aliphatic heterocycles. The smallest absolute Gasteiger partial charge is 0.357 e. The number of carboxylic acid groups (broad SMARTS) is 1. The number of hydrogen-bond donors (Lipinski definition) is 3. The van der Waals surface area contributed by atoms with Crippen LogP contribution in [-0.4, -0.2) is 31.4 Å². The molecule has 0 saturated carbocycles. The molecule has 0 spiro atoms. The van der Waals surface area contributed by atoms with Gasteiger partial charge in [-0.3, -0.25) is 5.10 Å². The van der Waals surface area contributed by atoms with Crippen molar-refractivity contribution in [2.24, 2.45) is 0 Å². The van der Waals surface area contributed by atoms with Crippen LogP contribution in [0, 0.1) is 0 Å². The Morgan fingerprint density at radius 2 is 2.36 bits per heavy atom. The second-order valence-electron chi connectivity index (χ2n) is 2.47. The van der Waals surface area contributed by atoms with Gasteiger partial charge in [0.2, 0.25) is 0 Å². The highest BCUT2D eigenvalue weighted by Gasteiger charge is 2.20. The molecule has 0 aliphatic carbocycles. The summed E-state index contributed by atoms with van der Waals surface area (Å²) in [5.74, 6) is -1.74. The van der Waals surface area contributed by atoms with Gasteiger partial charge in [-0.2, -0.15) is 5.10 Å². The largest absolute Gasteiger partial charge is 0.504 e. The zero-order valence-electron chi connectivity index (χ0n) is 6.76. The van der Waals surface area contributed by atoms with Crippen molar-refractivity contribution in [2.45, 2.75) is 0 Å². The van der Waals surface area contributed by atoms with Gasteiger partial charge < -0.3 is 14.6 Å². The minimum atomic E-state index is -1.29. The maximum atomic E-state index is 10.5. The van der Waals surface area contributed by atoms with Gasteiger partial charge in [-0.1, -0.05) is 0 Å². The SMILES string of the molecule is O=C(O)c1[nH]nc(-c2cocn2)c1O. The average Bonchev–Trinajstić information content (AvgIpc) is 2.71. The van der Waals surface area contributed by atoms with Crippen molar-refractivity contribution in [3.05, 3.63) is 18.4 Å². The molecule has 0 saturated heterocycles. The molecule has 0 aromatic carbocycles. The minimum Gasteiger partial charge on any atom is -0.504 e. The van der Waals surface area contributed by atoms with Crippen molar-refractivity contribution in [2.75, 3.05) is 0 Å². The number of rotatable bonds is 2. The molecular formula is C7H5N3O4. The molecule has 2 rings (SSSR count). The number of carbonyl (C=O) groups is 1. The lowest BCUT2D eigenvalue weighted by atomic mass is 10.3. The molecule has 14 heavy (non-hydrogen) atoms. The summed E-state index contributed by atoms with van der Waals surface area (Å²) < 4.78 is 4.67. The number of aromatic carboxylic acids is 1. The molecule has 0 atom stereocenters. The lowest BCUT2D eigenvalue weighted by Gasteiger charge is -1.90. The van der Waals surface area contributed by atoms with Crippen LogP contribution in [0.4, 0.5) is 0 Å². The van der Waals surface area contributed by atoms with E-state index in [1.54, 1.807) is 0 Å². The maximum Gasteiger partial charge on any atom is 0.357 e. The van der Waals surface area contributed by atoms with E-state index in [9.17, 15) is 9.90 Å². The number of aromatic nitrogens is 3. The van der Waals surface area contributed by atoms with E-state index in [1.165, 1.54) is 6.26 Å². The fraction of sp³-hybridized carbons (Fsp3) is 0. The van der Waals surface area contributed by atoms with E-state index in [2.05, 4.69) is 19.6 Å². The maximum absolute atomic E-state index is 10.5. The number of carboxylic acids is 1. The summed E-state index contributed by atoms with van der Waals surface area (Å²) in [5, 5.41) is 23.8. The van der Waals surface area contributed by atoms with Gasteiger partial charge in [0, 0.05) is 0 Å². The zero-order valence-corrected chi connectivity index (χ0v) is 6.76. The van der Waals surface area contributed by atoms with Crippen molar-refractivity contribution in [3.8, 4) is 17.1 Å². The number of oxazole rings is 1. The lowest BCUT2D eigenvalue weighted by Crippen LogP contribution is -1.96. The third-order valence-corrected chi connectivity index (χ3v) is 1.63. The van der Waals surface area contributed by atoms with Gasteiger partial charge in [0.05, 0.1) is 0 Å². The van der Waals surface area contributed by atoms with E-state index in [0.717, 1.165) is 6.39 Å². The summed E-state index contributed by atoms with van der Waals surface area (Å²) in [6.45, 7) is 0. The van der Waals surface area contributed by atoms with Crippen molar-refractivity contribution >= 4 is 5.97 Å². The molecule has 0 fully saturated rings. The van der Waals surface area contributed by atoms with Crippen LogP contribution in [0.5, 0.6) is 5.75 Å². The Balaban J connectivity index is 2.52. The molecule has 0 unspecified atom stereocenters. The van der Waals surface area contributed by atoms with E-state index >= 15 is 0 Å². The summed E-state index contributed by atoms with van der Waals surface area (Å²) in [4.78, 5) is 14.2. The molecule has 2 heterocycles. The molecule has 72 valence electrons. The normalized spacial score (nSPS) is 10.3. The molecule has 0 amide bonds. The van der Waals surface area contributed by atoms with Gasteiger partial charge in [0.15, 0.2) is 23.5 Å². The molecule has 7 nitrogen and oxygen atoms in total. The summed E-state index contributed by atoms with van der Waals surface area (Å²) in [5.41, 5.74) is -0.0506. The summed E-state index contributed by atoms with van der Waals surface area (Å²) in [7, 11) is 0. The molecule has 7 heteroatoms. The molecule has 2 aromatic rings. The van der Waals surface area contributed by atoms with E-state index in [1.807, 2.05) is 0 Å². The van der Waals surface area contributed by atoms with Crippen LogP contribution in [0.15, 0.2) is 17.1 Å². The Hall–Kier alpha value is -2.31. The van der Waals surface area contributed by atoms with Crippen LogP contribution in [0.3, 0.4) is 0 Å². The Morgan fingerprint density at radius 1 is 1.57 bits per heavy atom. The molecule has 2 aromatic heterocycles. The van der Waals surface area contributed by atoms with Gasteiger partial charge in [0.25, 0.3) is 0 Å². The van der Waals surface area contributed by atoms with E-state index in [0.29, 0.717) is 0 Å². The minimum absolute atomic E-state index is 0.0520. The van der Waals surface area contributed by atoms with Crippen LogP contribution in [-0.2, 0) is 0 Å². The van der Waals surface area contributed by atoms with Crippen molar-refractivity contribution in [1.82, 2.24) is 15.2 Å². The van der Waals surface area contributed by atoms with E-state index in [4.69, 9.17) is 5.11 Å². The lowest BCUT2D eigenvalue weighted by molar-refractivity contribution is 0.0687. The second-order valence-corrected chi connectivity index (χ2v) is 2.47. The standard InChI is InChI=1S/C7H5N3O4/c11-6-4(3-1-14-2-8-3)9-10-5(6)7(12)13/h1-2,11H,(H,9,10)(H,12,13). The number of H-pyrrole nitrogens is 1. The van der Waals surface area contributed by atoms with Gasteiger partial charge in [0.1, 0.15) is 12.0 Å².